The van der Waals surface area contributed by atoms with Crippen molar-refractivity contribution >= 4 is 38.6 Å². The summed E-state index contributed by atoms with van der Waals surface area (Å²) in [7, 11) is 0. The van der Waals surface area contributed by atoms with Crippen LogP contribution in [0.5, 0.6) is 0 Å². The lowest BCUT2D eigenvalue weighted by Crippen LogP contribution is -2.48. The van der Waals surface area contributed by atoms with Gasteiger partial charge in [0.05, 0.1) is 11.1 Å². The SMILES string of the molecule is CC1(O)CC(Nc2nc(N)nc3cc(Br)ccc23)C1. The van der Waals surface area contributed by atoms with E-state index in [4.69, 9.17) is 5.73 Å². The molecule has 5 nitrogen and oxygen atoms in total. The standard InChI is InChI=1S/C13H15BrN4O/c1-13(19)5-8(6-13)16-11-9-3-2-7(14)4-10(9)17-12(15)18-11/h2-4,8,19H,5-6H2,1H3,(H3,15,16,17,18). The van der Waals surface area contributed by atoms with Gasteiger partial charge in [0, 0.05) is 15.9 Å². The molecule has 0 bridgehead atoms. The third kappa shape index (κ3) is 2.50. The van der Waals surface area contributed by atoms with E-state index in [2.05, 4.69) is 31.2 Å². The summed E-state index contributed by atoms with van der Waals surface area (Å²) < 4.78 is 0.954. The second-order valence-corrected chi connectivity index (χ2v) is 6.25. The van der Waals surface area contributed by atoms with E-state index >= 15 is 0 Å². The zero-order chi connectivity index (χ0) is 13.6. The minimum atomic E-state index is -0.560. The van der Waals surface area contributed by atoms with Crippen LogP contribution in [0.3, 0.4) is 0 Å². The van der Waals surface area contributed by atoms with Crippen LogP contribution in [0.2, 0.25) is 0 Å². The Labute approximate surface area is 119 Å². The van der Waals surface area contributed by atoms with E-state index in [9.17, 15) is 5.11 Å². The summed E-state index contributed by atoms with van der Waals surface area (Å²) in [6, 6.07) is 6.05. The van der Waals surface area contributed by atoms with Crippen molar-refractivity contribution < 1.29 is 5.11 Å². The Balaban J connectivity index is 1.94. The Kier molecular flexibility index (Phi) is 2.87. The normalized spacial score (nSPS) is 26.2. The molecular formula is C13H15BrN4O. The molecule has 0 radical (unpaired) electrons. The minimum absolute atomic E-state index is 0.233. The fourth-order valence-corrected chi connectivity index (χ4v) is 2.88. The highest BCUT2D eigenvalue weighted by molar-refractivity contribution is 9.10. The molecule has 3 rings (SSSR count). The van der Waals surface area contributed by atoms with Crippen LogP contribution in [-0.4, -0.2) is 26.7 Å². The Morgan fingerprint density at radius 2 is 2.16 bits per heavy atom. The summed E-state index contributed by atoms with van der Waals surface area (Å²) in [5.74, 6) is 0.981. The monoisotopic (exact) mass is 322 g/mol. The topological polar surface area (TPSA) is 84.1 Å². The summed E-state index contributed by atoms with van der Waals surface area (Å²) >= 11 is 3.42. The van der Waals surface area contributed by atoms with Crippen LogP contribution in [0, 0.1) is 0 Å². The Morgan fingerprint density at radius 3 is 2.84 bits per heavy atom. The summed E-state index contributed by atoms with van der Waals surface area (Å²) in [5.41, 5.74) is 5.98. The van der Waals surface area contributed by atoms with Gasteiger partial charge in [0.25, 0.3) is 0 Å². The van der Waals surface area contributed by atoms with E-state index in [1.165, 1.54) is 0 Å². The third-order valence-electron chi connectivity index (χ3n) is 3.39. The molecule has 1 aromatic heterocycles. The number of halogens is 1. The molecule has 100 valence electrons. The second-order valence-electron chi connectivity index (χ2n) is 5.34. The van der Waals surface area contributed by atoms with E-state index in [-0.39, 0.29) is 12.0 Å². The lowest BCUT2D eigenvalue weighted by atomic mass is 9.77. The van der Waals surface area contributed by atoms with Gasteiger partial charge in [-0.15, -0.1) is 0 Å². The molecule has 19 heavy (non-hydrogen) atoms. The summed E-state index contributed by atoms with van der Waals surface area (Å²) in [6.07, 6.45) is 1.43. The minimum Gasteiger partial charge on any atom is -0.390 e. The molecule has 0 unspecified atom stereocenters. The molecule has 0 spiro atoms. The zero-order valence-corrected chi connectivity index (χ0v) is 12.1. The van der Waals surface area contributed by atoms with Gasteiger partial charge in [-0.05, 0) is 38.0 Å². The molecule has 1 aliphatic carbocycles. The maximum Gasteiger partial charge on any atom is 0.222 e. The van der Waals surface area contributed by atoms with Gasteiger partial charge in [-0.25, -0.2) is 4.98 Å². The highest BCUT2D eigenvalue weighted by Crippen LogP contribution is 2.35. The number of hydrogen-bond acceptors (Lipinski definition) is 5. The molecule has 4 N–H and O–H groups in total. The zero-order valence-electron chi connectivity index (χ0n) is 10.5. The van der Waals surface area contributed by atoms with Crippen molar-refractivity contribution in [3.63, 3.8) is 0 Å². The van der Waals surface area contributed by atoms with Crippen molar-refractivity contribution in [1.82, 2.24) is 9.97 Å². The first kappa shape index (κ1) is 12.6. The predicted molar refractivity (Wildman–Crippen MR) is 78.9 cm³/mol. The van der Waals surface area contributed by atoms with Crippen molar-refractivity contribution in [2.45, 2.75) is 31.4 Å². The summed E-state index contributed by atoms with van der Waals surface area (Å²) in [5, 5.41) is 14.0. The van der Waals surface area contributed by atoms with Gasteiger partial charge in [-0.2, -0.15) is 4.98 Å². The van der Waals surface area contributed by atoms with Gasteiger partial charge in [0.2, 0.25) is 5.95 Å². The number of nitrogens with two attached hydrogens (primary N) is 1. The fraction of sp³-hybridized carbons (Fsp3) is 0.385. The van der Waals surface area contributed by atoms with Crippen molar-refractivity contribution in [3.8, 4) is 0 Å². The number of hydrogen-bond donors (Lipinski definition) is 3. The molecule has 2 aromatic rings. The Bertz CT molecular complexity index is 631. The number of aromatic nitrogens is 2. The smallest absolute Gasteiger partial charge is 0.222 e. The molecule has 0 amide bonds. The molecule has 1 fully saturated rings. The van der Waals surface area contributed by atoms with E-state index in [0.717, 1.165) is 34.0 Å². The van der Waals surface area contributed by atoms with Crippen LogP contribution in [0.15, 0.2) is 22.7 Å². The van der Waals surface area contributed by atoms with Crippen LogP contribution >= 0.6 is 15.9 Å². The molecule has 6 heteroatoms. The van der Waals surface area contributed by atoms with Crippen LogP contribution in [0.1, 0.15) is 19.8 Å². The molecule has 0 aliphatic heterocycles. The molecule has 1 heterocycles. The first-order valence-corrected chi connectivity index (χ1v) is 6.94. The molecular weight excluding hydrogens is 308 g/mol. The molecule has 1 aliphatic rings. The average Bonchev–Trinajstić information content (AvgIpc) is 2.25. The number of anilines is 2. The maximum atomic E-state index is 9.76. The van der Waals surface area contributed by atoms with E-state index in [1.54, 1.807) is 0 Å². The average molecular weight is 323 g/mol. The lowest BCUT2D eigenvalue weighted by molar-refractivity contribution is -0.0234. The first-order chi connectivity index (χ1) is 8.93. The Morgan fingerprint density at radius 1 is 1.42 bits per heavy atom. The van der Waals surface area contributed by atoms with Crippen LogP contribution in [0.4, 0.5) is 11.8 Å². The van der Waals surface area contributed by atoms with Crippen LogP contribution in [0.25, 0.3) is 10.9 Å². The van der Waals surface area contributed by atoms with Gasteiger partial charge in [0.15, 0.2) is 0 Å². The maximum absolute atomic E-state index is 9.76. The largest absolute Gasteiger partial charge is 0.390 e. The number of fused-ring (bicyclic) bond motifs is 1. The third-order valence-corrected chi connectivity index (χ3v) is 3.88. The molecule has 0 saturated heterocycles. The van der Waals surface area contributed by atoms with Crippen molar-refractivity contribution in [3.05, 3.63) is 22.7 Å². The highest BCUT2D eigenvalue weighted by Gasteiger charge is 2.38. The van der Waals surface area contributed by atoms with E-state index in [1.807, 2.05) is 25.1 Å². The molecule has 0 atom stereocenters. The second kappa shape index (κ2) is 4.31. The van der Waals surface area contributed by atoms with E-state index in [0.29, 0.717) is 0 Å². The van der Waals surface area contributed by atoms with Gasteiger partial charge >= 0.3 is 0 Å². The summed E-state index contributed by atoms with van der Waals surface area (Å²) in [4.78, 5) is 8.48. The van der Waals surface area contributed by atoms with E-state index < -0.39 is 5.60 Å². The molecule has 1 saturated carbocycles. The van der Waals surface area contributed by atoms with Crippen molar-refractivity contribution in [2.75, 3.05) is 11.1 Å². The Hall–Kier alpha value is -1.40. The van der Waals surface area contributed by atoms with Crippen LogP contribution < -0.4 is 11.1 Å². The van der Waals surface area contributed by atoms with Gasteiger partial charge < -0.3 is 16.2 Å². The summed E-state index contributed by atoms with van der Waals surface area (Å²) in [6.45, 7) is 1.84. The number of nitrogens with one attached hydrogen (secondary N) is 1. The number of nitrogens with zero attached hydrogens (tertiary/aromatic N) is 2. The van der Waals surface area contributed by atoms with Crippen molar-refractivity contribution in [1.29, 1.82) is 0 Å². The highest BCUT2D eigenvalue weighted by atomic mass is 79.9. The number of rotatable bonds is 2. The quantitative estimate of drug-likeness (QED) is 0.790. The predicted octanol–water partition coefficient (Wildman–Crippen LogP) is 2.30. The fourth-order valence-electron chi connectivity index (χ4n) is 2.53. The number of benzene rings is 1. The first-order valence-electron chi connectivity index (χ1n) is 6.15. The number of nitrogen functional groups attached to an aromatic ring is 1. The molecule has 1 aromatic carbocycles. The van der Waals surface area contributed by atoms with Gasteiger partial charge in [0.1, 0.15) is 5.82 Å². The van der Waals surface area contributed by atoms with Gasteiger partial charge in [-0.3, -0.25) is 0 Å². The lowest BCUT2D eigenvalue weighted by Gasteiger charge is -2.41. The van der Waals surface area contributed by atoms with Crippen molar-refractivity contribution in [2.24, 2.45) is 0 Å². The van der Waals surface area contributed by atoms with Crippen LogP contribution in [-0.2, 0) is 0 Å². The number of aliphatic hydroxyl groups is 1. The van der Waals surface area contributed by atoms with Gasteiger partial charge in [-0.1, -0.05) is 15.9 Å².